The third-order valence-corrected chi connectivity index (χ3v) is 4.15. The molecule has 0 saturated carbocycles. The summed E-state index contributed by atoms with van der Waals surface area (Å²) >= 11 is 0. The molecule has 0 amide bonds. The Bertz CT molecular complexity index is 408. The molecule has 0 spiro atoms. The molecule has 2 heteroatoms. The van der Waals surface area contributed by atoms with E-state index >= 15 is 0 Å². The smallest absolute Gasteiger partial charge is 0.122 e. The zero-order valence-corrected chi connectivity index (χ0v) is 14.7. The van der Waals surface area contributed by atoms with Crippen LogP contribution in [0.4, 0.5) is 0 Å². The molecule has 0 fully saturated rings. The van der Waals surface area contributed by atoms with Crippen LogP contribution in [0.3, 0.4) is 0 Å². The van der Waals surface area contributed by atoms with Crippen molar-refractivity contribution < 1.29 is 4.74 Å². The van der Waals surface area contributed by atoms with Crippen LogP contribution >= 0.6 is 0 Å². The molecule has 2 nitrogen and oxygen atoms in total. The Morgan fingerprint density at radius 3 is 2.38 bits per heavy atom. The molecule has 0 bridgehead atoms. The zero-order chi connectivity index (χ0) is 15.9. The second kappa shape index (κ2) is 8.43. The Morgan fingerprint density at radius 2 is 1.81 bits per heavy atom. The normalized spacial score (nSPS) is 14.8. The van der Waals surface area contributed by atoms with Gasteiger partial charge in [-0.25, -0.2) is 0 Å². The molecule has 0 aliphatic carbocycles. The lowest BCUT2D eigenvalue weighted by Crippen LogP contribution is -2.45. The Labute approximate surface area is 131 Å². The van der Waals surface area contributed by atoms with Gasteiger partial charge in [0.2, 0.25) is 0 Å². The monoisotopic (exact) mass is 291 g/mol. The van der Waals surface area contributed by atoms with Crippen molar-refractivity contribution in [1.29, 1.82) is 0 Å². The van der Waals surface area contributed by atoms with Crippen molar-refractivity contribution in [1.82, 2.24) is 5.32 Å². The summed E-state index contributed by atoms with van der Waals surface area (Å²) in [4.78, 5) is 0. The third-order valence-electron chi connectivity index (χ3n) is 4.15. The maximum Gasteiger partial charge on any atom is 0.122 e. The molecule has 120 valence electrons. The highest BCUT2D eigenvalue weighted by Crippen LogP contribution is 2.29. The topological polar surface area (TPSA) is 21.3 Å². The van der Waals surface area contributed by atoms with Crippen LogP contribution in [0.25, 0.3) is 0 Å². The first-order chi connectivity index (χ1) is 9.90. The van der Waals surface area contributed by atoms with Crippen LogP contribution in [-0.4, -0.2) is 19.2 Å². The molecule has 21 heavy (non-hydrogen) atoms. The van der Waals surface area contributed by atoms with Crippen molar-refractivity contribution in [2.45, 2.75) is 66.3 Å². The lowest BCUT2D eigenvalue weighted by molar-refractivity contribution is 0.173. The van der Waals surface area contributed by atoms with Crippen LogP contribution in [0.1, 0.15) is 65.9 Å². The summed E-state index contributed by atoms with van der Waals surface area (Å²) in [5, 5.41) is 3.62. The van der Waals surface area contributed by atoms with Gasteiger partial charge in [-0.05, 0) is 42.3 Å². The molecular weight excluding hydrogens is 258 g/mol. The highest BCUT2D eigenvalue weighted by Gasteiger charge is 2.25. The van der Waals surface area contributed by atoms with Crippen molar-refractivity contribution in [2.24, 2.45) is 5.41 Å². The van der Waals surface area contributed by atoms with E-state index in [0.717, 1.165) is 31.7 Å². The first-order valence-corrected chi connectivity index (χ1v) is 8.35. The maximum absolute atomic E-state index is 6.18. The molecule has 0 aliphatic heterocycles. The van der Waals surface area contributed by atoms with E-state index in [0.29, 0.717) is 12.0 Å². The lowest BCUT2D eigenvalue weighted by Gasteiger charge is -2.32. The Balaban J connectivity index is 2.76. The summed E-state index contributed by atoms with van der Waals surface area (Å²) < 4.78 is 6.18. The molecule has 1 rings (SSSR count). The molecule has 0 aliphatic rings. The molecule has 1 aromatic carbocycles. The van der Waals surface area contributed by atoms with Gasteiger partial charge in [0.1, 0.15) is 12.4 Å². The van der Waals surface area contributed by atoms with E-state index in [9.17, 15) is 0 Å². The van der Waals surface area contributed by atoms with E-state index in [1.165, 1.54) is 5.56 Å². The molecule has 0 saturated heterocycles. The average molecular weight is 291 g/mol. The number of hydrogen-bond donors (Lipinski definition) is 1. The number of rotatable bonds is 8. The van der Waals surface area contributed by atoms with E-state index in [2.05, 4.69) is 71.1 Å². The fourth-order valence-electron chi connectivity index (χ4n) is 2.35. The summed E-state index contributed by atoms with van der Waals surface area (Å²) in [6, 6.07) is 8.82. The number of para-hydroxylation sites is 1. The van der Waals surface area contributed by atoms with Gasteiger partial charge in [-0.2, -0.15) is 0 Å². The third kappa shape index (κ3) is 5.70. The highest BCUT2D eigenvalue weighted by atomic mass is 16.5. The molecule has 0 radical (unpaired) electrons. The summed E-state index contributed by atoms with van der Waals surface area (Å²) in [5.41, 5.74) is 1.52. The molecule has 0 aromatic heterocycles. The summed E-state index contributed by atoms with van der Waals surface area (Å²) in [5.74, 6) is 1.58. The van der Waals surface area contributed by atoms with Crippen molar-refractivity contribution in [3.05, 3.63) is 29.8 Å². The van der Waals surface area contributed by atoms with Crippen molar-refractivity contribution in [3.8, 4) is 5.75 Å². The molecule has 2 atom stereocenters. The minimum atomic E-state index is 0.195. The number of benzene rings is 1. The number of nitrogens with one attached hydrogen (secondary N) is 1. The maximum atomic E-state index is 6.18. The minimum Gasteiger partial charge on any atom is -0.492 e. The number of ether oxygens (including phenoxy) is 1. The predicted molar refractivity (Wildman–Crippen MR) is 92.2 cm³/mol. The van der Waals surface area contributed by atoms with Gasteiger partial charge in [0.15, 0.2) is 0 Å². The molecular formula is C19H33NO. The molecule has 0 heterocycles. The summed E-state index contributed by atoms with van der Waals surface area (Å²) in [6.45, 7) is 15.3. The minimum absolute atomic E-state index is 0.195. The van der Waals surface area contributed by atoms with Gasteiger partial charge in [-0.3, -0.25) is 0 Å². The quantitative estimate of drug-likeness (QED) is 0.728. The highest BCUT2D eigenvalue weighted by molar-refractivity contribution is 5.35. The molecule has 1 aromatic rings. The van der Waals surface area contributed by atoms with E-state index in [1.807, 2.05) is 0 Å². The second-order valence-electron chi connectivity index (χ2n) is 7.03. The molecule has 2 unspecified atom stereocenters. The van der Waals surface area contributed by atoms with Gasteiger partial charge in [0.25, 0.3) is 0 Å². The molecule has 1 N–H and O–H groups in total. The van der Waals surface area contributed by atoms with Gasteiger partial charge in [0.05, 0.1) is 0 Å². The fraction of sp³-hybridized carbons (Fsp3) is 0.684. The lowest BCUT2D eigenvalue weighted by atomic mass is 9.87. The van der Waals surface area contributed by atoms with Gasteiger partial charge >= 0.3 is 0 Å². The average Bonchev–Trinajstić information content (AvgIpc) is 2.45. The standard InChI is InChI=1S/C19H33NO/c1-7-13-20-18(19(4,5)6)14-21-17-12-10-9-11-16(17)15(3)8-2/h9-12,15,18,20H,7-8,13-14H2,1-6H3. The zero-order valence-electron chi connectivity index (χ0n) is 14.7. The van der Waals surface area contributed by atoms with Gasteiger partial charge in [-0.15, -0.1) is 0 Å². The van der Waals surface area contributed by atoms with Crippen LogP contribution < -0.4 is 10.1 Å². The summed E-state index contributed by atoms with van der Waals surface area (Å²) in [7, 11) is 0. The van der Waals surface area contributed by atoms with Crippen molar-refractivity contribution >= 4 is 0 Å². The Hall–Kier alpha value is -1.02. The van der Waals surface area contributed by atoms with Crippen molar-refractivity contribution in [3.63, 3.8) is 0 Å². The van der Waals surface area contributed by atoms with E-state index in [1.54, 1.807) is 0 Å². The van der Waals surface area contributed by atoms with E-state index < -0.39 is 0 Å². The van der Waals surface area contributed by atoms with Crippen LogP contribution in [0.5, 0.6) is 5.75 Å². The fourth-order valence-corrected chi connectivity index (χ4v) is 2.35. The van der Waals surface area contributed by atoms with E-state index in [-0.39, 0.29) is 5.41 Å². The van der Waals surface area contributed by atoms with Crippen LogP contribution in [0.2, 0.25) is 0 Å². The van der Waals surface area contributed by atoms with Gasteiger partial charge in [0, 0.05) is 6.04 Å². The van der Waals surface area contributed by atoms with Crippen molar-refractivity contribution in [2.75, 3.05) is 13.2 Å². The van der Waals surface area contributed by atoms with E-state index in [4.69, 9.17) is 4.74 Å². The first-order valence-electron chi connectivity index (χ1n) is 8.35. The van der Waals surface area contributed by atoms with Crippen LogP contribution in [0.15, 0.2) is 24.3 Å². The van der Waals surface area contributed by atoms with Crippen LogP contribution in [-0.2, 0) is 0 Å². The SMILES string of the molecule is CCCNC(COc1ccccc1C(C)CC)C(C)(C)C. The Morgan fingerprint density at radius 1 is 1.14 bits per heavy atom. The predicted octanol–water partition coefficient (Wildman–Crippen LogP) is 4.99. The number of hydrogen-bond acceptors (Lipinski definition) is 2. The Kier molecular flexibility index (Phi) is 7.24. The second-order valence-corrected chi connectivity index (χ2v) is 7.03. The first kappa shape index (κ1) is 18.0. The van der Waals surface area contributed by atoms with Gasteiger partial charge in [-0.1, -0.05) is 59.7 Å². The van der Waals surface area contributed by atoms with Gasteiger partial charge < -0.3 is 10.1 Å². The largest absolute Gasteiger partial charge is 0.492 e. The van der Waals surface area contributed by atoms with Crippen LogP contribution in [0, 0.1) is 5.41 Å². The summed E-state index contributed by atoms with van der Waals surface area (Å²) in [6.07, 6.45) is 2.28.